The largest absolute Gasteiger partial charge is 0.341 e. The molecule has 104 valence electrons. The van der Waals surface area contributed by atoms with Gasteiger partial charge >= 0.3 is 0 Å². The summed E-state index contributed by atoms with van der Waals surface area (Å²) < 4.78 is 22.2. The molecule has 0 heterocycles. The van der Waals surface area contributed by atoms with Crippen LogP contribution in [0.5, 0.6) is 0 Å². The Labute approximate surface area is 117 Å². The zero-order valence-electron chi connectivity index (χ0n) is 10.7. The molecule has 19 heavy (non-hydrogen) atoms. The fourth-order valence-corrected chi connectivity index (χ4v) is 2.90. The third-order valence-corrected chi connectivity index (χ3v) is 4.86. The minimum absolute atomic E-state index is 0.00682. The maximum Gasteiger partial charge on any atom is 0.261 e. The Morgan fingerprint density at radius 1 is 1.32 bits per heavy atom. The Balaban J connectivity index is 2.06. The third-order valence-electron chi connectivity index (χ3n) is 3.49. The van der Waals surface area contributed by atoms with E-state index in [1.165, 1.54) is 43.5 Å². The van der Waals surface area contributed by atoms with E-state index in [0.717, 1.165) is 6.54 Å². The van der Waals surface area contributed by atoms with Gasteiger partial charge in [0.1, 0.15) is 0 Å². The van der Waals surface area contributed by atoms with E-state index in [0.29, 0.717) is 11.5 Å². The van der Waals surface area contributed by atoms with E-state index >= 15 is 0 Å². The van der Waals surface area contributed by atoms with Gasteiger partial charge in [-0.25, -0.2) is 8.42 Å². The molecule has 0 bridgehead atoms. The molecular formula is C13H16ClNO3S. The molecule has 4 nitrogen and oxygen atoms in total. The molecule has 6 heteroatoms. The van der Waals surface area contributed by atoms with Crippen molar-refractivity contribution in [3.05, 3.63) is 29.8 Å². The quantitative estimate of drug-likeness (QED) is 0.803. The average Bonchev–Trinajstić information content (AvgIpc) is 2.31. The van der Waals surface area contributed by atoms with Crippen LogP contribution in [0.25, 0.3) is 0 Å². The van der Waals surface area contributed by atoms with Crippen LogP contribution in [0.15, 0.2) is 29.2 Å². The number of carbonyl (C=O) groups excluding carboxylic acids is 1. The number of carbonyl (C=O) groups is 1. The normalized spacial score (nSPS) is 15.9. The summed E-state index contributed by atoms with van der Waals surface area (Å²) in [4.78, 5) is 13.8. The SMILES string of the molecule is CN(CC1CCC1)C(=O)c1ccc(S(=O)(=O)Cl)cc1. The lowest BCUT2D eigenvalue weighted by molar-refractivity contribution is 0.0745. The van der Waals surface area contributed by atoms with Gasteiger partial charge in [0.25, 0.3) is 15.0 Å². The molecular weight excluding hydrogens is 286 g/mol. The Morgan fingerprint density at radius 3 is 2.32 bits per heavy atom. The van der Waals surface area contributed by atoms with E-state index in [9.17, 15) is 13.2 Å². The van der Waals surface area contributed by atoms with Gasteiger partial charge in [-0.1, -0.05) is 6.42 Å². The van der Waals surface area contributed by atoms with E-state index < -0.39 is 9.05 Å². The topological polar surface area (TPSA) is 54.5 Å². The molecule has 0 radical (unpaired) electrons. The number of hydrogen-bond acceptors (Lipinski definition) is 3. The van der Waals surface area contributed by atoms with Gasteiger partial charge in [-0.2, -0.15) is 0 Å². The lowest BCUT2D eigenvalue weighted by Gasteiger charge is -2.30. The van der Waals surface area contributed by atoms with E-state index in [2.05, 4.69) is 0 Å². The van der Waals surface area contributed by atoms with Crippen LogP contribution in [0.1, 0.15) is 29.6 Å². The predicted molar refractivity (Wildman–Crippen MR) is 73.8 cm³/mol. The summed E-state index contributed by atoms with van der Waals surface area (Å²) in [6.07, 6.45) is 3.61. The lowest BCUT2D eigenvalue weighted by Crippen LogP contribution is -2.34. The number of hydrogen-bond donors (Lipinski definition) is 0. The summed E-state index contributed by atoms with van der Waals surface area (Å²) in [5.74, 6) is 0.516. The van der Waals surface area contributed by atoms with Crippen molar-refractivity contribution in [2.75, 3.05) is 13.6 Å². The molecule has 0 aromatic heterocycles. The molecule has 0 saturated heterocycles. The molecule has 0 unspecified atom stereocenters. The van der Waals surface area contributed by atoms with Gasteiger partial charge in [0.2, 0.25) is 0 Å². The predicted octanol–water partition coefficient (Wildman–Crippen LogP) is 2.49. The Hall–Kier alpha value is -1.07. The number of rotatable bonds is 4. The molecule has 0 spiro atoms. The minimum Gasteiger partial charge on any atom is -0.341 e. The Kier molecular flexibility index (Phi) is 4.16. The molecule has 1 aliphatic carbocycles. The summed E-state index contributed by atoms with van der Waals surface area (Å²) in [6, 6.07) is 5.70. The van der Waals surface area contributed by atoms with Crippen molar-refractivity contribution in [2.45, 2.75) is 24.2 Å². The number of amides is 1. The zero-order chi connectivity index (χ0) is 14.0. The standard InChI is InChI=1S/C13H16ClNO3S/c1-15(9-10-3-2-4-10)13(16)11-5-7-12(8-6-11)19(14,17)18/h5-8,10H,2-4,9H2,1H3. The maximum atomic E-state index is 12.1. The van der Waals surface area contributed by atoms with Crippen LogP contribution < -0.4 is 0 Å². The van der Waals surface area contributed by atoms with Crippen LogP contribution in [-0.2, 0) is 9.05 Å². The van der Waals surface area contributed by atoms with E-state index in [-0.39, 0.29) is 10.8 Å². The average molecular weight is 302 g/mol. The van der Waals surface area contributed by atoms with Crippen molar-refractivity contribution in [3.63, 3.8) is 0 Å². The van der Waals surface area contributed by atoms with Crippen LogP contribution in [-0.4, -0.2) is 32.8 Å². The van der Waals surface area contributed by atoms with Gasteiger partial charge in [-0.3, -0.25) is 4.79 Å². The van der Waals surface area contributed by atoms with Crippen molar-refractivity contribution < 1.29 is 13.2 Å². The molecule has 0 aliphatic heterocycles. The molecule has 1 aromatic carbocycles. The van der Waals surface area contributed by atoms with Crippen LogP contribution in [0.3, 0.4) is 0 Å². The molecule has 1 fully saturated rings. The van der Waals surface area contributed by atoms with Crippen molar-refractivity contribution in [1.29, 1.82) is 0 Å². The lowest BCUT2D eigenvalue weighted by atomic mass is 9.85. The highest BCUT2D eigenvalue weighted by molar-refractivity contribution is 8.13. The minimum atomic E-state index is -3.73. The van der Waals surface area contributed by atoms with Crippen molar-refractivity contribution in [3.8, 4) is 0 Å². The molecule has 1 aromatic rings. The molecule has 1 saturated carbocycles. The van der Waals surface area contributed by atoms with Gasteiger partial charge < -0.3 is 4.90 Å². The van der Waals surface area contributed by atoms with Crippen molar-refractivity contribution in [2.24, 2.45) is 5.92 Å². The Bertz CT molecular complexity index is 564. The van der Waals surface area contributed by atoms with Crippen molar-refractivity contribution >= 4 is 25.6 Å². The zero-order valence-corrected chi connectivity index (χ0v) is 12.2. The first-order valence-corrected chi connectivity index (χ1v) is 8.49. The van der Waals surface area contributed by atoms with Crippen LogP contribution in [0, 0.1) is 5.92 Å². The van der Waals surface area contributed by atoms with Gasteiger partial charge in [-0.15, -0.1) is 0 Å². The maximum absolute atomic E-state index is 12.1. The second kappa shape index (κ2) is 5.51. The second-order valence-corrected chi connectivity index (χ2v) is 7.51. The Morgan fingerprint density at radius 2 is 1.89 bits per heavy atom. The first-order chi connectivity index (χ1) is 8.88. The molecule has 1 amide bonds. The number of halogens is 1. The number of benzene rings is 1. The summed E-state index contributed by atoms with van der Waals surface area (Å²) in [7, 11) is 3.26. The van der Waals surface area contributed by atoms with E-state index in [1.54, 1.807) is 11.9 Å². The molecule has 2 rings (SSSR count). The van der Waals surface area contributed by atoms with Crippen LogP contribution in [0.2, 0.25) is 0 Å². The molecule has 1 aliphatic rings. The van der Waals surface area contributed by atoms with Gasteiger partial charge in [0.15, 0.2) is 0 Å². The van der Waals surface area contributed by atoms with Crippen LogP contribution >= 0.6 is 10.7 Å². The van der Waals surface area contributed by atoms with E-state index in [4.69, 9.17) is 10.7 Å². The van der Waals surface area contributed by atoms with Gasteiger partial charge in [0.05, 0.1) is 4.90 Å². The fourth-order valence-electron chi connectivity index (χ4n) is 2.13. The van der Waals surface area contributed by atoms with Crippen molar-refractivity contribution in [1.82, 2.24) is 4.90 Å². The highest BCUT2D eigenvalue weighted by Crippen LogP contribution is 2.27. The summed E-state index contributed by atoms with van der Waals surface area (Å²) in [5, 5.41) is 0. The molecule has 0 atom stereocenters. The third kappa shape index (κ3) is 3.48. The highest BCUT2D eigenvalue weighted by atomic mass is 35.7. The molecule has 0 N–H and O–H groups in total. The fraction of sp³-hybridized carbons (Fsp3) is 0.462. The summed E-state index contributed by atoms with van der Waals surface area (Å²) in [6.45, 7) is 0.758. The number of nitrogens with zero attached hydrogens (tertiary/aromatic N) is 1. The van der Waals surface area contributed by atoms with Crippen LogP contribution in [0.4, 0.5) is 0 Å². The second-order valence-electron chi connectivity index (χ2n) is 4.94. The van der Waals surface area contributed by atoms with E-state index in [1.807, 2.05) is 0 Å². The van der Waals surface area contributed by atoms with Gasteiger partial charge in [-0.05, 0) is 43.0 Å². The van der Waals surface area contributed by atoms with Gasteiger partial charge in [0, 0.05) is 29.8 Å². The summed E-state index contributed by atoms with van der Waals surface area (Å²) in [5.41, 5.74) is 0.478. The summed E-state index contributed by atoms with van der Waals surface area (Å²) >= 11 is 0. The first-order valence-electron chi connectivity index (χ1n) is 6.18. The highest BCUT2D eigenvalue weighted by Gasteiger charge is 2.22. The smallest absolute Gasteiger partial charge is 0.261 e. The monoisotopic (exact) mass is 301 g/mol. The first kappa shape index (κ1) is 14.3.